The molecule has 0 heterocycles. The Morgan fingerprint density at radius 3 is 2.58 bits per heavy atom. The van der Waals surface area contributed by atoms with Gasteiger partial charge >= 0.3 is 0 Å². The summed E-state index contributed by atoms with van der Waals surface area (Å²) >= 11 is 0. The van der Waals surface area contributed by atoms with Crippen molar-refractivity contribution in [1.29, 1.82) is 5.26 Å². The SMILES string of the molecule is N#C/C(=C/c1cccc2ccccc12)C(=O)Nc1cccc([N+](=O)[O-])c1. The van der Waals surface area contributed by atoms with Gasteiger partial charge in [-0.1, -0.05) is 48.5 Å². The van der Waals surface area contributed by atoms with Crippen LogP contribution in [0.25, 0.3) is 16.8 Å². The van der Waals surface area contributed by atoms with Gasteiger partial charge < -0.3 is 5.32 Å². The number of carbonyl (C=O) groups is 1. The van der Waals surface area contributed by atoms with Crippen LogP contribution < -0.4 is 5.32 Å². The number of rotatable bonds is 4. The van der Waals surface area contributed by atoms with Crippen LogP contribution in [0.2, 0.25) is 0 Å². The molecule has 1 N–H and O–H groups in total. The van der Waals surface area contributed by atoms with Crippen molar-refractivity contribution in [2.75, 3.05) is 5.32 Å². The Balaban J connectivity index is 1.92. The number of hydrogen-bond donors (Lipinski definition) is 1. The average molecular weight is 343 g/mol. The van der Waals surface area contributed by atoms with Crippen LogP contribution in [0.3, 0.4) is 0 Å². The summed E-state index contributed by atoms with van der Waals surface area (Å²) in [6, 6.07) is 20.7. The first kappa shape index (κ1) is 16.9. The lowest BCUT2D eigenvalue weighted by molar-refractivity contribution is -0.384. The topological polar surface area (TPSA) is 96.0 Å². The molecule has 0 radical (unpaired) electrons. The number of nitrogens with one attached hydrogen (secondary N) is 1. The molecule has 0 aromatic heterocycles. The summed E-state index contributed by atoms with van der Waals surface area (Å²) in [6.45, 7) is 0. The first-order chi connectivity index (χ1) is 12.6. The van der Waals surface area contributed by atoms with E-state index in [1.807, 2.05) is 48.5 Å². The van der Waals surface area contributed by atoms with E-state index in [4.69, 9.17) is 0 Å². The molecule has 0 aliphatic heterocycles. The molecule has 6 heteroatoms. The molecule has 0 aliphatic carbocycles. The molecule has 0 saturated heterocycles. The number of nitrogens with zero attached hydrogens (tertiary/aromatic N) is 2. The van der Waals surface area contributed by atoms with E-state index >= 15 is 0 Å². The molecule has 6 nitrogen and oxygen atoms in total. The second kappa shape index (κ2) is 7.28. The molecule has 126 valence electrons. The van der Waals surface area contributed by atoms with Gasteiger partial charge in [0.05, 0.1) is 4.92 Å². The highest BCUT2D eigenvalue weighted by Gasteiger charge is 2.12. The zero-order chi connectivity index (χ0) is 18.5. The van der Waals surface area contributed by atoms with E-state index in [9.17, 15) is 20.2 Å². The molecule has 3 rings (SSSR count). The number of amides is 1. The quantitative estimate of drug-likeness (QED) is 0.331. The minimum Gasteiger partial charge on any atom is -0.321 e. The Morgan fingerprint density at radius 2 is 1.81 bits per heavy atom. The molecule has 3 aromatic rings. The van der Waals surface area contributed by atoms with Gasteiger partial charge in [-0.15, -0.1) is 0 Å². The second-order valence-corrected chi connectivity index (χ2v) is 5.50. The fourth-order valence-corrected chi connectivity index (χ4v) is 2.58. The summed E-state index contributed by atoms with van der Waals surface area (Å²) in [4.78, 5) is 22.7. The molecular formula is C20H13N3O3. The Labute approximate surface area is 149 Å². The number of non-ortho nitro benzene ring substituents is 1. The van der Waals surface area contributed by atoms with E-state index < -0.39 is 10.8 Å². The largest absolute Gasteiger partial charge is 0.321 e. The normalized spacial score (nSPS) is 11.0. The van der Waals surface area contributed by atoms with Crippen LogP contribution in [0.4, 0.5) is 11.4 Å². The lowest BCUT2D eigenvalue weighted by Gasteiger charge is -2.05. The summed E-state index contributed by atoms with van der Waals surface area (Å²) in [6.07, 6.45) is 1.51. The number of carbonyl (C=O) groups excluding carboxylic acids is 1. The van der Waals surface area contributed by atoms with E-state index in [0.29, 0.717) is 0 Å². The molecule has 1 amide bonds. The first-order valence-electron chi connectivity index (χ1n) is 7.74. The average Bonchev–Trinajstić information content (AvgIpc) is 2.66. The smallest absolute Gasteiger partial charge is 0.271 e. The molecular weight excluding hydrogens is 330 g/mol. The van der Waals surface area contributed by atoms with Gasteiger partial charge in [0, 0.05) is 17.8 Å². The summed E-state index contributed by atoms with van der Waals surface area (Å²) in [5.41, 5.74) is 0.768. The van der Waals surface area contributed by atoms with Gasteiger partial charge in [-0.05, 0) is 28.5 Å². The van der Waals surface area contributed by atoms with Crippen molar-refractivity contribution in [2.45, 2.75) is 0 Å². The Kier molecular flexibility index (Phi) is 4.72. The van der Waals surface area contributed by atoms with E-state index in [1.165, 1.54) is 30.3 Å². The minimum absolute atomic E-state index is 0.0899. The van der Waals surface area contributed by atoms with Crippen LogP contribution in [-0.2, 0) is 4.79 Å². The summed E-state index contributed by atoms with van der Waals surface area (Å²) in [7, 11) is 0. The lowest BCUT2D eigenvalue weighted by Crippen LogP contribution is -2.13. The molecule has 0 atom stereocenters. The third-order valence-corrected chi connectivity index (χ3v) is 3.80. The van der Waals surface area contributed by atoms with Crippen LogP contribution in [0.15, 0.2) is 72.3 Å². The number of nitriles is 1. The van der Waals surface area contributed by atoms with Gasteiger partial charge in [0.1, 0.15) is 11.6 Å². The van der Waals surface area contributed by atoms with Gasteiger partial charge in [-0.2, -0.15) is 5.26 Å². The third-order valence-electron chi connectivity index (χ3n) is 3.80. The molecule has 0 fully saturated rings. The standard InChI is InChI=1S/C20H13N3O3/c21-13-16(11-15-7-3-6-14-5-1-2-10-19(14)15)20(24)22-17-8-4-9-18(12-17)23(25)26/h1-12H,(H,22,24)/b16-11-. The van der Waals surface area contributed by atoms with Crippen LogP contribution in [-0.4, -0.2) is 10.8 Å². The van der Waals surface area contributed by atoms with Gasteiger partial charge in [-0.25, -0.2) is 0 Å². The summed E-state index contributed by atoms with van der Waals surface area (Å²) < 4.78 is 0. The molecule has 0 aliphatic rings. The number of hydrogen-bond acceptors (Lipinski definition) is 4. The van der Waals surface area contributed by atoms with Crippen molar-refractivity contribution in [3.05, 3.63) is 88.0 Å². The zero-order valence-electron chi connectivity index (χ0n) is 13.5. The maximum absolute atomic E-state index is 12.4. The van der Waals surface area contributed by atoms with E-state index in [-0.39, 0.29) is 16.9 Å². The molecule has 26 heavy (non-hydrogen) atoms. The number of nitro groups is 1. The van der Waals surface area contributed by atoms with E-state index in [2.05, 4.69) is 5.32 Å². The van der Waals surface area contributed by atoms with Crippen LogP contribution >= 0.6 is 0 Å². The van der Waals surface area contributed by atoms with Crippen molar-refractivity contribution >= 4 is 34.1 Å². The number of anilines is 1. The van der Waals surface area contributed by atoms with E-state index in [1.54, 1.807) is 0 Å². The Hall–Kier alpha value is -3.98. The predicted octanol–water partition coefficient (Wildman–Crippen LogP) is 4.29. The minimum atomic E-state index is -0.624. The van der Waals surface area contributed by atoms with Crippen molar-refractivity contribution in [2.24, 2.45) is 0 Å². The van der Waals surface area contributed by atoms with E-state index in [0.717, 1.165) is 16.3 Å². The highest BCUT2D eigenvalue weighted by molar-refractivity contribution is 6.10. The number of benzene rings is 3. The molecule has 3 aromatic carbocycles. The second-order valence-electron chi connectivity index (χ2n) is 5.50. The highest BCUT2D eigenvalue weighted by Crippen LogP contribution is 2.22. The molecule has 0 unspecified atom stereocenters. The van der Waals surface area contributed by atoms with Gasteiger partial charge in [0.15, 0.2) is 0 Å². The summed E-state index contributed by atoms with van der Waals surface area (Å²) in [5.74, 6) is -0.624. The Bertz CT molecular complexity index is 1080. The van der Waals surface area contributed by atoms with Crippen LogP contribution in [0, 0.1) is 21.4 Å². The molecule has 0 spiro atoms. The first-order valence-corrected chi connectivity index (χ1v) is 7.74. The summed E-state index contributed by atoms with van der Waals surface area (Å²) in [5, 5.41) is 24.6. The lowest BCUT2D eigenvalue weighted by atomic mass is 10.0. The highest BCUT2D eigenvalue weighted by atomic mass is 16.6. The molecule has 0 saturated carbocycles. The fourth-order valence-electron chi connectivity index (χ4n) is 2.58. The maximum atomic E-state index is 12.4. The third kappa shape index (κ3) is 3.57. The van der Waals surface area contributed by atoms with Crippen molar-refractivity contribution in [3.63, 3.8) is 0 Å². The number of fused-ring (bicyclic) bond motifs is 1. The van der Waals surface area contributed by atoms with Gasteiger partial charge in [-0.3, -0.25) is 14.9 Å². The molecule has 0 bridgehead atoms. The van der Waals surface area contributed by atoms with Crippen molar-refractivity contribution in [1.82, 2.24) is 0 Å². The Morgan fingerprint density at radius 1 is 1.08 bits per heavy atom. The van der Waals surface area contributed by atoms with Gasteiger partial charge in [0.2, 0.25) is 0 Å². The van der Waals surface area contributed by atoms with Crippen molar-refractivity contribution in [3.8, 4) is 6.07 Å². The van der Waals surface area contributed by atoms with Crippen molar-refractivity contribution < 1.29 is 9.72 Å². The van der Waals surface area contributed by atoms with Gasteiger partial charge in [0.25, 0.3) is 11.6 Å². The predicted molar refractivity (Wildman–Crippen MR) is 99.3 cm³/mol. The number of nitro benzene ring substituents is 1. The maximum Gasteiger partial charge on any atom is 0.271 e. The van der Waals surface area contributed by atoms with Crippen LogP contribution in [0.5, 0.6) is 0 Å². The zero-order valence-corrected chi connectivity index (χ0v) is 13.5. The van der Waals surface area contributed by atoms with Crippen LogP contribution in [0.1, 0.15) is 5.56 Å². The fraction of sp³-hybridized carbons (Fsp3) is 0. The monoisotopic (exact) mass is 343 g/mol.